The van der Waals surface area contributed by atoms with Crippen LogP contribution in [0.25, 0.3) is 10.4 Å². The summed E-state index contributed by atoms with van der Waals surface area (Å²) in [5, 5.41) is 6.45. The maximum absolute atomic E-state index is 11.2. The fourth-order valence-electron chi connectivity index (χ4n) is 1.38. The average Bonchev–Trinajstić information content (AvgIpc) is 2.62. The molecule has 7 heteroatoms. The van der Waals surface area contributed by atoms with Gasteiger partial charge in [-0.05, 0) is 17.7 Å². The SMILES string of the molecule is [N-]=[N+]=NCCNC1(C(N)=O)CCSC1. The van der Waals surface area contributed by atoms with Crippen LogP contribution < -0.4 is 11.1 Å². The fourth-order valence-corrected chi connectivity index (χ4v) is 2.75. The molecule has 1 aliphatic rings. The maximum Gasteiger partial charge on any atom is 0.238 e. The van der Waals surface area contributed by atoms with E-state index < -0.39 is 5.54 Å². The number of carbonyl (C=O) groups is 1. The van der Waals surface area contributed by atoms with Gasteiger partial charge in [-0.1, -0.05) is 5.11 Å². The second kappa shape index (κ2) is 5.09. The summed E-state index contributed by atoms with van der Waals surface area (Å²) in [5.41, 5.74) is 12.8. The van der Waals surface area contributed by atoms with Gasteiger partial charge in [0.25, 0.3) is 0 Å². The summed E-state index contributed by atoms with van der Waals surface area (Å²) in [4.78, 5) is 13.9. The molecule has 0 bridgehead atoms. The third-order valence-corrected chi connectivity index (χ3v) is 3.42. The van der Waals surface area contributed by atoms with E-state index in [1.807, 2.05) is 0 Å². The van der Waals surface area contributed by atoms with Gasteiger partial charge in [-0.3, -0.25) is 4.79 Å². The number of hydrogen-bond donors (Lipinski definition) is 2. The third kappa shape index (κ3) is 2.54. The van der Waals surface area contributed by atoms with Crippen LogP contribution in [0.1, 0.15) is 6.42 Å². The number of amides is 1. The molecule has 0 aromatic carbocycles. The largest absolute Gasteiger partial charge is 0.368 e. The van der Waals surface area contributed by atoms with Gasteiger partial charge in [-0.25, -0.2) is 0 Å². The van der Waals surface area contributed by atoms with Gasteiger partial charge in [0.05, 0.1) is 0 Å². The molecule has 1 atom stereocenters. The van der Waals surface area contributed by atoms with Crippen molar-refractivity contribution >= 4 is 17.7 Å². The first-order valence-electron chi connectivity index (χ1n) is 4.35. The van der Waals surface area contributed by atoms with Crippen molar-refractivity contribution in [2.45, 2.75) is 12.0 Å². The molecule has 0 saturated carbocycles. The highest BCUT2D eigenvalue weighted by Gasteiger charge is 2.39. The zero-order chi connectivity index (χ0) is 10.4. The van der Waals surface area contributed by atoms with Crippen LogP contribution >= 0.6 is 11.8 Å². The summed E-state index contributed by atoms with van der Waals surface area (Å²) in [5.74, 6) is 1.33. The van der Waals surface area contributed by atoms with Crippen molar-refractivity contribution < 1.29 is 4.79 Å². The summed E-state index contributed by atoms with van der Waals surface area (Å²) in [6.45, 7) is 0.837. The van der Waals surface area contributed by atoms with E-state index in [4.69, 9.17) is 11.3 Å². The minimum atomic E-state index is -0.588. The maximum atomic E-state index is 11.2. The summed E-state index contributed by atoms with van der Waals surface area (Å²) >= 11 is 1.71. The van der Waals surface area contributed by atoms with Crippen LogP contribution in [-0.4, -0.2) is 36.0 Å². The lowest BCUT2D eigenvalue weighted by atomic mass is 9.98. The van der Waals surface area contributed by atoms with Crippen molar-refractivity contribution in [2.75, 3.05) is 24.6 Å². The van der Waals surface area contributed by atoms with E-state index in [0.29, 0.717) is 18.8 Å². The summed E-state index contributed by atoms with van der Waals surface area (Å²) in [6.07, 6.45) is 0.753. The molecule has 14 heavy (non-hydrogen) atoms. The average molecular weight is 215 g/mol. The topological polar surface area (TPSA) is 104 Å². The first-order chi connectivity index (χ1) is 6.71. The normalized spacial score (nSPS) is 25.7. The number of nitrogens with zero attached hydrogens (tertiary/aromatic N) is 3. The molecular formula is C7H13N5OS. The number of hydrogen-bond acceptors (Lipinski definition) is 4. The molecular weight excluding hydrogens is 202 g/mol. The van der Waals surface area contributed by atoms with Crippen LogP contribution in [0.15, 0.2) is 5.11 Å². The van der Waals surface area contributed by atoms with Crippen molar-refractivity contribution in [3.63, 3.8) is 0 Å². The summed E-state index contributed by atoms with van der Waals surface area (Å²) in [7, 11) is 0. The zero-order valence-corrected chi connectivity index (χ0v) is 8.59. The number of rotatable bonds is 5. The molecule has 0 aliphatic carbocycles. The van der Waals surface area contributed by atoms with Crippen LogP contribution in [0.3, 0.4) is 0 Å². The Bertz CT molecular complexity index is 257. The zero-order valence-electron chi connectivity index (χ0n) is 7.77. The highest BCUT2D eigenvalue weighted by Crippen LogP contribution is 2.27. The summed E-state index contributed by atoms with van der Waals surface area (Å²) in [6, 6.07) is 0. The lowest BCUT2D eigenvalue weighted by molar-refractivity contribution is -0.123. The van der Waals surface area contributed by atoms with Crippen molar-refractivity contribution in [3.8, 4) is 0 Å². The molecule has 1 rings (SSSR count). The number of primary amides is 1. The lowest BCUT2D eigenvalue weighted by Gasteiger charge is -2.25. The van der Waals surface area contributed by atoms with Gasteiger partial charge in [0, 0.05) is 23.8 Å². The second-order valence-corrected chi connectivity index (χ2v) is 4.24. The molecule has 1 fully saturated rings. The molecule has 1 amide bonds. The standard InChI is InChI=1S/C7H13N5OS/c8-6(13)7(1-4-14-5-7)10-2-3-11-12-9/h10H,1-5H2,(H2,8,13). The van der Waals surface area contributed by atoms with E-state index in [1.54, 1.807) is 11.8 Å². The molecule has 6 nitrogen and oxygen atoms in total. The quantitative estimate of drug-likeness (QED) is 0.297. The molecule has 0 aromatic rings. The fraction of sp³-hybridized carbons (Fsp3) is 0.857. The number of thioether (sulfide) groups is 1. The van der Waals surface area contributed by atoms with Gasteiger partial charge in [-0.2, -0.15) is 11.8 Å². The number of nitrogens with two attached hydrogens (primary N) is 1. The Morgan fingerprint density at radius 3 is 3.07 bits per heavy atom. The molecule has 0 aromatic heterocycles. The molecule has 3 N–H and O–H groups in total. The van der Waals surface area contributed by atoms with Crippen molar-refractivity contribution in [3.05, 3.63) is 10.4 Å². The highest BCUT2D eigenvalue weighted by atomic mass is 32.2. The Morgan fingerprint density at radius 1 is 1.79 bits per heavy atom. The Labute approximate surface area is 86.2 Å². The first kappa shape index (κ1) is 11.2. The van der Waals surface area contributed by atoms with Gasteiger partial charge in [0.2, 0.25) is 5.91 Å². The van der Waals surface area contributed by atoms with Gasteiger partial charge in [-0.15, -0.1) is 0 Å². The highest BCUT2D eigenvalue weighted by molar-refractivity contribution is 7.99. The second-order valence-electron chi connectivity index (χ2n) is 3.13. The van der Waals surface area contributed by atoms with Crippen LogP contribution in [0.2, 0.25) is 0 Å². The Kier molecular flexibility index (Phi) is 4.06. The van der Waals surface area contributed by atoms with E-state index in [-0.39, 0.29) is 5.91 Å². The number of azide groups is 1. The minimum Gasteiger partial charge on any atom is -0.368 e. The number of carbonyl (C=O) groups excluding carboxylic acids is 1. The predicted molar refractivity (Wildman–Crippen MR) is 55.9 cm³/mol. The van der Waals surface area contributed by atoms with E-state index in [0.717, 1.165) is 12.2 Å². The minimum absolute atomic E-state index is 0.316. The molecule has 1 saturated heterocycles. The Balaban J connectivity index is 2.44. The monoisotopic (exact) mass is 215 g/mol. The lowest BCUT2D eigenvalue weighted by Crippen LogP contribution is -2.56. The molecule has 0 spiro atoms. The molecule has 1 aliphatic heterocycles. The van der Waals surface area contributed by atoms with E-state index in [2.05, 4.69) is 15.3 Å². The van der Waals surface area contributed by atoms with Gasteiger partial charge in [0.15, 0.2) is 0 Å². The molecule has 0 radical (unpaired) electrons. The van der Waals surface area contributed by atoms with E-state index in [9.17, 15) is 4.79 Å². The smallest absolute Gasteiger partial charge is 0.238 e. The van der Waals surface area contributed by atoms with Gasteiger partial charge >= 0.3 is 0 Å². The Morgan fingerprint density at radius 2 is 2.57 bits per heavy atom. The van der Waals surface area contributed by atoms with Crippen molar-refractivity contribution in [1.82, 2.24) is 5.32 Å². The molecule has 1 heterocycles. The van der Waals surface area contributed by atoms with E-state index >= 15 is 0 Å². The van der Waals surface area contributed by atoms with Crippen LogP contribution in [0.4, 0.5) is 0 Å². The third-order valence-electron chi connectivity index (χ3n) is 2.23. The van der Waals surface area contributed by atoms with Gasteiger partial charge < -0.3 is 11.1 Å². The van der Waals surface area contributed by atoms with Crippen LogP contribution in [0, 0.1) is 0 Å². The van der Waals surface area contributed by atoms with Crippen LogP contribution in [0.5, 0.6) is 0 Å². The van der Waals surface area contributed by atoms with Gasteiger partial charge in [0.1, 0.15) is 5.54 Å². The molecule has 78 valence electrons. The molecule has 1 unspecified atom stereocenters. The predicted octanol–water partition coefficient (Wildman–Crippen LogP) is 0.247. The van der Waals surface area contributed by atoms with Crippen molar-refractivity contribution in [1.29, 1.82) is 0 Å². The Hall–Kier alpha value is -0.910. The van der Waals surface area contributed by atoms with Crippen molar-refractivity contribution in [2.24, 2.45) is 10.8 Å². The summed E-state index contributed by atoms with van der Waals surface area (Å²) < 4.78 is 0. The first-order valence-corrected chi connectivity index (χ1v) is 5.50. The van der Waals surface area contributed by atoms with Crippen LogP contribution in [-0.2, 0) is 4.79 Å². The number of nitrogens with one attached hydrogen (secondary N) is 1. The van der Waals surface area contributed by atoms with E-state index in [1.165, 1.54) is 0 Å².